The Morgan fingerprint density at radius 1 is 1.50 bits per heavy atom. The van der Waals surface area contributed by atoms with Gasteiger partial charge in [0, 0.05) is 6.07 Å². The maximum absolute atomic E-state index is 11.3. The molecule has 0 bridgehead atoms. The topological polar surface area (TPSA) is 61.8 Å². The SMILES string of the molecule is COC(=O)C(C)COc1ccc2c(c1)OCC2=O. The number of carbonyl (C=O) groups excluding carboxylic acids is 2. The van der Waals surface area contributed by atoms with E-state index in [2.05, 4.69) is 4.74 Å². The molecule has 0 spiro atoms. The van der Waals surface area contributed by atoms with E-state index in [9.17, 15) is 9.59 Å². The van der Waals surface area contributed by atoms with Crippen LogP contribution in [0.2, 0.25) is 0 Å². The summed E-state index contributed by atoms with van der Waals surface area (Å²) in [5.41, 5.74) is 0.573. The third-order valence-electron chi connectivity index (χ3n) is 2.72. The van der Waals surface area contributed by atoms with Crippen LogP contribution in [0.5, 0.6) is 11.5 Å². The van der Waals surface area contributed by atoms with Crippen LogP contribution in [0.15, 0.2) is 18.2 Å². The van der Waals surface area contributed by atoms with Gasteiger partial charge in [0.15, 0.2) is 6.61 Å². The molecule has 96 valence electrons. The van der Waals surface area contributed by atoms with Crippen LogP contribution in [0.1, 0.15) is 17.3 Å². The summed E-state index contributed by atoms with van der Waals surface area (Å²) in [7, 11) is 1.34. The number of benzene rings is 1. The van der Waals surface area contributed by atoms with Crippen molar-refractivity contribution >= 4 is 11.8 Å². The van der Waals surface area contributed by atoms with Gasteiger partial charge in [0.05, 0.1) is 18.6 Å². The molecule has 2 rings (SSSR count). The van der Waals surface area contributed by atoms with Gasteiger partial charge in [-0.1, -0.05) is 0 Å². The average molecular weight is 250 g/mol. The normalized spacial score (nSPS) is 14.7. The van der Waals surface area contributed by atoms with Gasteiger partial charge in [-0.05, 0) is 19.1 Å². The van der Waals surface area contributed by atoms with E-state index in [-0.39, 0.29) is 30.9 Å². The van der Waals surface area contributed by atoms with Crippen LogP contribution < -0.4 is 9.47 Å². The lowest BCUT2D eigenvalue weighted by atomic mass is 10.1. The zero-order chi connectivity index (χ0) is 13.1. The summed E-state index contributed by atoms with van der Waals surface area (Å²) in [6.07, 6.45) is 0. The summed E-state index contributed by atoms with van der Waals surface area (Å²) in [5.74, 6) is 0.412. The number of esters is 1. The number of ether oxygens (including phenoxy) is 3. The zero-order valence-corrected chi connectivity index (χ0v) is 10.3. The third kappa shape index (κ3) is 2.45. The second-order valence-corrected chi connectivity index (χ2v) is 4.11. The molecule has 1 aromatic rings. The summed E-state index contributed by atoms with van der Waals surface area (Å²) in [6.45, 7) is 2.02. The number of Topliss-reactive ketones (excluding diaryl/α,β-unsaturated/α-hetero) is 1. The Morgan fingerprint density at radius 2 is 2.28 bits per heavy atom. The second kappa shape index (κ2) is 5.08. The minimum absolute atomic E-state index is 0.0283. The Morgan fingerprint density at radius 3 is 3.00 bits per heavy atom. The van der Waals surface area contributed by atoms with Crippen LogP contribution in [0.25, 0.3) is 0 Å². The fourth-order valence-electron chi connectivity index (χ4n) is 1.65. The van der Waals surface area contributed by atoms with Crippen molar-refractivity contribution in [3.63, 3.8) is 0 Å². The van der Waals surface area contributed by atoms with Crippen molar-refractivity contribution in [2.24, 2.45) is 5.92 Å². The molecule has 0 N–H and O–H groups in total. The molecular weight excluding hydrogens is 236 g/mol. The molecule has 0 radical (unpaired) electrons. The lowest BCUT2D eigenvalue weighted by molar-refractivity contribution is -0.145. The van der Waals surface area contributed by atoms with Crippen molar-refractivity contribution in [1.82, 2.24) is 0 Å². The van der Waals surface area contributed by atoms with Crippen molar-refractivity contribution in [2.45, 2.75) is 6.92 Å². The monoisotopic (exact) mass is 250 g/mol. The van der Waals surface area contributed by atoms with E-state index in [1.165, 1.54) is 7.11 Å². The van der Waals surface area contributed by atoms with Crippen LogP contribution in [-0.2, 0) is 9.53 Å². The highest BCUT2D eigenvalue weighted by molar-refractivity contribution is 6.02. The standard InChI is InChI=1S/C13H14O5/c1-8(13(15)16-2)6-17-9-3-4-10-11(14)7-18-12(10)5-9/h3-5,8H,6-7H2,1-2H3. The molecular formula is C13H14O5. The maximum atomic E-state index is 11.3. The molecule has 0 aromatic heterocycles. The van der Waals surface area contributed by atoms with Crippen molar-refractivity contribution in [2.75, 3.05) is 20.3 Å². The Hall–Kier alpha value is -2.04. The highest BCUT2D eigenvalue weighted by Gasteiger charge is 2.21. The van der Waals surface area contributed by atoms with Gasteiger partial charge in [0.25, 0.3) is 0 Å². The van der Waals surface area contributed by atoms with E-state index < -0.39 is 0 Å². The number of carbonyl (C=O) groups is 2. The molecule has 0 saturated carbocycles. The molecule has 5 nitrogen and oxygen atoms in total. The number of hydrogen-bond donors (Lipinski definition) is 0. The van der Waals surface area contributed by atoms with Crippen LogP contribution >= 0.6 is 0 Å². The van der Waals surface area contributed by atoms with E-state index in [0.717, 1.165) is 0 Å². The van der Waals surface area contributed by atoms with Crippen molar-refractivity contribution in [3.05, 3.63) is 23.8 Å². The van der Waals surface area contributed by atoms with Crippen molar-refractivity contribution < 1.29 is 23.8 Å². The minimum Gasteiger partial charge on any atom is -0.493 e. The first-order valence-electron chi connectivity index (χ1n) is 5.62. The molecule has 0 saturated heterocycles. The maximum Gasteiger partial charge on any atom is 0.311 e. The largest absolute Gasteiger partial charge is 0.493 e. The first-order chi connectivity index (χ1) is 8.61. The zero-order valence-electron chi connectivity index (χ0n) is 10.3. The van der Waals surface area contributed by atoms with Gasteiger partial charge < -0.3 is 14.2 Å². The van der Waals surface area contributed by atoms with E-state index in [1.54, 1.807) is 25.1 Å². The molecule has 1 unspecified atom stereocenters. The molecule has 1 aromatic carbocycles. The van der Waals surface area contributed by atoms with Crippen molar-refractivity contribution in [3.8, 4) is 11.5 Å². The quantitative estimate of drug-likeness (QED) is 0.757. The van der Waals surface area contributed by atoms with Gasteiger partial charge >= 0.3 is 5.97 Å². The van der Waals surface area contributed by atoms with Crippen LogP contribution in [0.4, 0.5) is 0 Å². The van der Waals surface area contributed by atoms with E-state index in [0.29, 0.717) is 17.1 Å². The smallest absolute Gasteiger partial charge is 0.311 e. The highest BCUT2D eigenvalue weighted by Crippen LogP contribution is 2.29. The van der Waals surface area contributed by atoms with Gasteiger partial charge in [-0.3, -0.25) is 9.59 Å². The summed E-state index contributed by atoms with van der Waals surface area (Å²) in [4.78, 5) is 22.5. The van der Waals surface area contributed by atoms with Crippen LogP contribution in [-0.4, -0.2) is 32.1 Å². The van der Waals surface area contributed by atoms with Crippen LogP contribution in [0, 0.1) is 5.92 Å². The Balaban J connectivity index is 1.99. The van der Waals surface area contributed by atoms with Gasteiger partial charge in [0.1, 0.15) is 18.1 Å². The molecule has 1 aliphatic heterocycles. The van der Waals surface area contributed by atoms with E-state index >= 15 is 0 Å². The molecule has 18 heavy (non-hydrogen) atoms. The summed E-state index contributed by atoms with van der Waals surface area (Å²) < 4.78 is 15.3. The number of methoxy groups -OCH3 is 1. The highest BCUT2D eigenvalue weighted by atomic mass is 16.5. The molecule has 1 heterocycles. The molecule has 1 atom stereocenters. The first-order valence-corrected chi connectivity index (χ1v) is 5.62. The van der Waals surface area contributed by atoms with Gasteiger partial charge in [-0.25, -0.2) is 0 Å². The lowest BCUT2D eigenvalue weighted by Crippen LogP contribution is -2.19. The molecule has 0 aliphatic carbocycles. The second-order valence-electron chi connectivity index (χ2n) is 4.11. The fraction of sp³-hybridized carbons (Fsp3) is 0.385. The molecule has 0 fully saturated rings. The van der Waals surface area contributed by atoms with Gasteiger partial charge in [-0.15, -0.1) is 0 Å². The van der Waals surface area contributed by atoms with Crippen molar-refractivity contribution in [1.29, 1.82) is 0 Å². The Bertz CT molecular complexity index is 480. The van der Waals surface area contributed by atoms with Gasteiger partial charge in [0.2, 0.25) is 5.78 Å². The predicted octanol–water partition coefficient (Wildman–Crippen LogP) is 1.45. The first kappa shape index (κ1) is 12.4. The molecule has 5 heteroatoms. The van der Waals surface area contributed by atoms with E-state index in [4.69, 9.17) is 9.47 Å². The Kier molecular flexibility index (Phi) is 3.50. The lowest BCUT2D eigenvalue weighted by Gasteiger charge is -2.11. The summed E-state index contributed by atoms with van der Waals surface area (Å²) >= 11 is 0. The summed E-state index contributed by atoms with van der Waals surface area (Å²) in [6, 6.07) is 5.02. The predicted molar refractivity (Wildman–Crippen MR) is 62.9 cm³/mol. The van der Waals surface area contributed by atoms with E-state index in [1.807, 2.05) is 0 Å². The minimum atomic E-state index is -0.342. The third-order valence-corrected chi connectivity index (χ3v) is 2.72. The fourth-order valence-corrected chi connectivity index (χ4v) is 1.65. The number of hydrogen-bond acceptors (Lipinski definition) is 5. The summed E-state index contributed by atoms with van der Waals surface area (Å²) in [5, 5.41) is 0. The number of ketones is 1. The average Bonchev–Trinajstić information content (AvgIpc) is 2.76. The number of rotatable bonds is 4. The molecule has 1 aliphatic rings. The van der Waals surface area contributed by atoms with Gasteiger partial charge in [-0.2, -0.15) is 0 Å². The number of fused-ring (bicyclic) bond motifs is 1. The Labute approximate surface area is 105 Å². The van der Waals surface area contributed by atoms with Crippen LogP contribution in [0.3, 0.4) is 0 Å². The molecule has 0 amide bonds.